The SMILES string of the molecule is CC(C)NCC(=O)NCCc1cc(F)ccc1F. The number of rotatable bonds is 6. The van der Waals surface area contributed by atoms with Gasteiger partial charge in [-0.05, 0) is 30.2 Å². The van der Waals surface area contributed by atoms with Gasteiger partial charge in [-0.15, -0.1) is 0 Å². The van der Waals surface area contributed by atoms with Crippen LogP contribution in [0.25, 0.3) is 0 Å². The Balaban J connectivity index is 2.33. The Labute approximate surface area is 106 Å². The number of carbonyl (C=O) groups is 1. The second-order valence-electron chi connectivity index (χ2n) is 4.37. The van der Waals surface area contributed by atoms with Crippen molar-refractivity contribution < 1.29 is 13.6 Å². The Bertz CT molecular complexity index is 408. The summed E-state index contributed by atoms with van der Waals surface area (Å²) in [4.78, 5) is 11.3. The summed E-state index contributed by atoms with van der Waals surface area (Å²) in [5, 5.41) is 5.61. The largest absolute Gasteiger partial charge is 0.355 e. The first-order valence-corrected chi connectivity index (χ1v) is 5.93. The molecule has 0 unspecified atom stereocenters. The second-order valence-corrected chi connectivity index (χ2v) is 4.37. The van der Waals surface area contributed by atoms with Crippen LogP contribution in [0.4, 0.5) is 8.78 Å². The molecule has 100 valence electrons. The maximum atomic E-state index is 13.3. The molecular weight excluding hydrogens is 238 g/mol. The van der Waals surface area contributed by atoms with Crippen LogP contribution in [0.1, 0.15) is 19.4 Å². The smallest absolute Gasteiger partial charge is 0.233 e. The summed E-state index contributed by atoms with van der Waals surface area (Å²) in [6.45, 7) is 4.40. The number of halogens is 2. The van der Waals surface area contributed by atoms with Gasteiger partial charge in [-0.3, -0.25) is 4.79 Å². The van der Waals surface area contributed by atoms with Crippen LogP contribution < -0.4 is 10.6 Å². The van der Waals surface area contributed by atoms with Crippen molar-refractivity contribution >= 4 is 5.91 Å². The van der Waals surface area contributed by atoms with Gasteiger partial charge < -0.3 is 10.6 Å². The van der Waals surface area contributed by atoms with Gasteiger partial charge >= 0.3 is 0 Å². The number of hydrogen-bond donors (Lipinski definition) is 2. The highest BCUT2D eigenvalue weighted by Gasteiger charge is 2.05. The maximum Gasteiger partial charge on any atom is 0.233 e. The predicted octanol–water partition coefficient (Wildman–Crippen LogP) is 1.62. The summed E-state index contributed by atoms with van der Waals surface area (Å²) in [6.07, 6.45) is 0.275. The van der Waals surface area contributed by atoms with Crippen LogP contribution in [0.2, 0.25) is 0 Å². The number of carbonyl (C=O) groups excluding carboxylic acids is 1. The molecule has 0 aromatic heterocycles. The minimum atomic E-state index is -0.473. The summed E-state index contributed by atoms with van der Waals surface area (Å²) in [6, 6.07) is 3.54. The zero-order valence-corrected chi connectivity index (χ0v) is 10.6. The topological polar surface area (TPSA) is 41.1 Å². The Morgan fingerprint density at radius 1 is 1.33 bits per heavy atom. The summed E-state index contributed by atoms with van der Waals surface area (Å²) >= 11 is 0. The van der Waals surface area contributed by atoms with E-state index in [2.05, 4.69) is 10.6 Å². The van der Waals surface area contributed by atoms with Crippen molar-refractivity contribution in [3.05, 3.63) is 35.4 Å². The van der Waals surface area contributed by atoms with Gasteiger partial charge in [-0.25, -0.2) is 8.78 Å². The van der Waals surface area contributed by atoms with Gasteiger partial charge in [0.25, 0.3) is 0 Å². The number of hydrogen-bond acceptors (Lipinski definition) is 2. The Morgan fingerprint density at radius 3 is 2.72 bits per heavy atom. The Hall–Kier alpha value is -1.49. The van der Waals surface area contributed by atoms with Crippen LogP contribution in [0.3, 0.4) is 0 Å². The number of benzene rings is 1. The molecule has 0 bridgehead atoms. The molecule has 0 fully saturated rings. The van der Waals surface area contributed by atoms with Crippen LogP contribution in [0.5, 0.6) is 0 Å². The molecule has 0 radical (unpaired) electrons. The van der Waals surface area contributed by atoms with E-state index >= 15 is 0 Å². The van der Waals surface area contributed by atoms with Crippen LogP contribution in [-0.4, -0.2) is 25.0 Å². The van der Waals surface area contributed by atoms with Crippen molar-refractivity contribution in [1.82, 2.24) is 10.6 Å². The predicted molar refractivity (Wildman–Crippen MR) is 66.2 cm³/mol. The lowest BCUT2D eigenvalue weighted by Gasteiger charge is -2.09. The molecule has 0 saturated carbocycles. The van der Waals surface area contributed by atoms with Crippen LogP contribution >= 0.6 is 0 Å². The number of amides is 1. The van der Waals surface area contributed by atoms with Crippen molar-refractivity contribution in [3.63, 3.8) is 0 Å². The van der Waals surface area contributed by atoms with Crippen LogP contribution in [0.15, 0.2) is 18.2 Å². The van der Waals surface area contributed by atoms with Crippen molar-refractivity contribution in [3.8, 4) is 0 Å². The summed E-state index contributed by atoms with van der Waals surface area (Å²) in [7, 11) is 0. The highest BCUT2D eigenvalue weighted by molar-refractivity contribution is 5.77. The fourth-order valence-electron chi connectivity index (χ4n) is 1.43. The molecule has 18 heavy (non-hydrogen) atoms. The zero-order chi connectivity index (χ0) is 13.5. The fraction of sp³-hybridized carbons (Fsp3) is 0.462. The second kappa shape index (κ2) is 7.06. The Kier molecular flexibility index (Phi) is 5.71. The van der Waals surface area contributed by atoms with Crippen LogP contribution in [0, 0.1) is 11.6 Å². The van der Waals surface area contributed by atoms with Gasteiger partial charge in [0.15, 0.2) is 0 Å². The molecule has 1 aromatic carbocycles. The average molecular weight is 256 g/mol. The normalized spacial score (nSPS) is 10.7. The first kappa shape index (κ1) is 14.6. The van der Waals surface area contributed by atoms with E-state index in [9.17, 15) is 13.6 Å². The molecule has 0 spiro atoms. The molecule has 0 aliphatic heterocycles. The third-order valence-corrected chi connectivity index (χ3v) is 2.40. The lowest BCUT2D eigenvalue weighted by Crippen LogP contribution is -2.37. The molecule has 0 atom stereocenters. The van der Waals surface area contributed by atoms with E-state index in [-0.39, 0.29) is 30.5 Å². The summed E-state index contributed by atoms with van der Waals surface area (Å²) in [5.74, 6) is -1.08. The molecule has 0 aliphatic rings. The Morgan fingerprint density at radius 2 is 2.06 bits per heavy atom. The van der Waals surface area contributed by atoms with Crippen molar-refractivity contribution in [1.29, 1.82) is 0 Å². The van der Waals surface area contributed by atoms with Crippen molar-refractivity contribution in [2.45, 2.75) is 26.3 Å². The van der Waals surface area contributed by atoms with Crippen molar-refractivity contribution in [2.24, 2.45) is 0 Å². The van der Waals surface area contributed by atoms with Crippen LogP contribution in [-0.2, 0) is 11.2 Å². The van der Waals surface area contributed by atoms with Gasteiger partial charge in [0.2, 0.25) is 5.91 Å². The minimum absolute atomic E-state index is 0.152. The molecule has 5 heteroatoms. The van der Waals surface area contributed by atoms with E-state index < -0.39 is 11.6 Å². The molecule has 0 heterocycles. The zero-order valence-electron chi connectivity index (χ0n) is 10.6. The highest BCUT2D eigenvalue weighted by Crippen LogP contribution is 2.09. The first-order valence-electron chi connectivity index (χ1n) is 5.93. The van der Waals surface area contributed by atoms with Gasteiger partial charge in [-0.2, -0.15) is 0 Å². The van der Waals surface area contributed by atoms with E-state index in [0.717, 1.165) is 18.2 Å². The summed E-state index contributed by atoms with van der Waals surface area (Å²) < 4.78 is 26.1. The van der Waals surface area contributed by atoms with E-state index in [1.54, 1.807) is 0 Å². The van der Waals surface area contributed by atoms with E-state index in [1.807, 2.05) is 13.8 Å². The van der Waals surface area contributed by atoms with E-state index in [1.165, 1.54) is 0 Å². The number of nitrogens with one attached hydrogen (secondary N) is 2. The van der Waals surface area contributed by atoms with Gasteiger partial charge in [0.05, 0.1) is 6.54 Å². The maximum absolute atomic E-state index is 13.3. The first-order chi connectivity index (χ1) is 8.49. The van der Waals surface area contributed by atoms with Gasteiger partial charge in [0, 0.05) is 12.6 Å². The lowest BCUT2D eigenvalue weighted by molar-refractivity contribution is -0.120. The summed E-state index contributed by atoms with van der Waals surface area (Å²) in [5.41, 5.74) is 0.270. The molecule has 1 amide bonds. The standard InChI is InChI=1S/C13H18F2N2O/c1-9(2)17-8-13(18)16-6-5-10-7-11(14)3-4-12(10)15/h3-4,7,9,17H,5-6,8H2,1-2H3,(H,16,18). The van der Waals surface area contributed by atoms with Crippen molar-refractivity contribution in [2.75, 3.05) is 13.1 Å². The molecule has 0 saturated heterocycles. The minimum Gasteiger partial charge on any atom is -0.355 e. The van der Waals surface area contributed by atoms with E-state index in [0.29, 0.717) is 6.54 Å². The third kappa shape index (κ3) is 5.23. The molecule has 1 rings (SSSR count). The van der Waals surface area contributed by atoms with Gasteiger partial charge in [0.1, 0.15) is 11.6 Å². The molecular formula is C13H18F2N2O. The quantitative estimate of drug-likeness (QED) is 0.812. The molecule has 1 aromatic rings. The monoisotopic (exact) mass is 256 g/mol. The molecule has 0 aliphatic carbocycles. The average Bonchev–Trinajstić information content (AvgIpc) is 2.31. The third-order valence-electron chi connectivity index (χ3n) is 2.40. The fourth-order valence-corrected chi connectivity index (χ4v) is 1.43. The highest BCUT2D eigenvalue weighted by atomic mass is 19.1. The van der Waals surface area contributed by atoms with Gasteiger partial charge in [-0.1, -0.05) is 13.8 Å². The molecule has 2 N–H and O–H groups in total. The lowest BCUT2D eigenvalue weighted by atomic mass is 10.1. The molecule has 3 nitrogen and oxygen atoms in total. The van der Waals surface area contributed by atoms with E-state index in [4.69, 9.17) is 0 Å².